The van der Waals surface area contributed by atoms with Crippen molar-refractivity contribution in [2.45, 2.75) is 6.42 Å². The van der Waals surface area contributed by atoms with Gasteiger partial charge in [-0.15, -0.1) is 11.3 Å². The summed E-state index contributed by atoms with van der Waals surface area (Å²) in [7, 11) is 3.17. The highest BCUT2D eigenvalue weighted by atomic mass is 32.1. The summed E-state index contributed by atoms with van der Waals surface area (Å²) in [6.07, 6.45) is 0.928. The van der Waals surface area contributed by atoms with Crippen molar-refractivity contribution in [2.75, 3.05) is 60.2 Å². The highest BCUT2D eigenvalue weighted by molar-refractivity contribution is 7.17. The van der Waals surface area contributed by atoms with E-state index in [1.807, 2.05) is 4.90 Å². The summed E-state index contributed by atoms with van der Waals surface area (Å²) in [5.41, 5.74) is 1.89. The fourth-order valence-corrected chi connectivity index (χ4v) is 4.75. The Kier molecular flexibility index (Phi) is 7.63. The number of carbonyl (C=O) groups is 1. The van der Waals surface area contributed by atoms with Crippen molar-refractivity contribution in [3.63, 3.8) is 0 Å². The van der Waals surface area contributed by atoms with E-state index in [2.05, 4.69) is 34.5 Å². The lowest BCUT2D eigenvalue weighted by Crippen LogP contribution is -2.49. The standard InChI is InChI=1S/C25H30N2O4S/c1-29-21-4-5-22(23(18-21)30-2)25(28)27-11-9-26(10-12-27)13-15-31-14-7-19-3-6-24-20(17-19)8-16-32-24/h3-6,8,16-18H,7,9-15H2,1-2H3. The van der Waals surface area contributed by atoms with Crippen molar-refractivity contribution in [2.24, 2.45) is 0 Å². The quantitative estimate of drug-likeness (QED) is 0.459. The van der Waals surface area contributed by atoms with Crippen LogP contribution in [0, 0.1) is 0 Å². The van der Waals surface area contributed by atoms with E-state index in [-0.39, 0.29) is 5.91 Å². The molecule has 0 radical (unpaired) electrons. The van der Waals surface area contributed by atoms with E-state index in [1.54, 1.807) is 43.8 Å². The number of carbonyl (C=O) groups excluding carboxylic acids is 1. The lowest BCUT2D eigenvalue weighted by molar-refractivity contribution is 0.0552. The van der Waals surface area contributed by atoms with Crippen molar-refractivity contribution in [3.8, 4) is 11.5 Å². The molecule has 1 amide bonds. The molecule has 0 N–H and O–H groups in total. The number of hydrogen-bond donors (Lipinski definition) is 0. The molecule has 2 heterocycles. The zero-order valence-electron chi connectivity index (χ0n) is 18.7. The van der Waals surface area contributed by atoms with Gasteiger partial charge in [-0.2, -0.15) is 0 Å². The molecule has 1 aromatic heterocycles. The number of hydrogen-bond acceptors (Lipinski definition) is 6. The summed E-state index contributed by atoms with van der Waals surface area (Å²) in [5.74, 6) is 1.22. The average molecular weight is 455 g/mol. The smallest absolute Gasteiger partial charge is 0.257 e. The van der Waals surface area contributed by atoms with Crippen LogP contribution in [0.25, 0.3) is 10.1 Å². The van der Waals surface area contributed by atoms with Crippen molar-refractivity contribution >= 4 is 27.3 Å². The summed E-state index contributed by atoms with van der Waals surface area (Å²) < 4.78 is 17.8. The van der Waals surface area contributed by atoms with Gasteiger partial charge >= 0.3 is 0 Å². The second-order valence-electron chi connectivity index (χ2n) is 7.86. The van der Waals surface area contributed by atoms with E-state index in [9.17, 15) is 4.79 Å². The molecule has 0 spiro atoms. The van der Waals surface area contributed by atoms with Crippen LogP contribution in [-0.2, 0) is 11.2 Å². The van der Waals surface area contributed by atoms with E-state index in [4.69, 9.17) is 14.2 Å². The van der Waals surface area contributed by atoms with Crippen molar-refractivity contribution in [1.29, 1.82) is 0 Å². The molecule has 4 rings (SSSR count). The van der Waals surface area contributed by atoms with Gasteiger partial charge in [-0.1, -0.05) is 12.1 Å². The lowest BCUT2D eigenvalue weighted by atomic mass is 10.1. The third kappa shape index (κ3) is 5.41. The van der Waals surface area contributed by atoms with Gasteiger partial charge in [0.05, 0.1) is 33.0 Å². The van der Waals surface area contributed by atoms with E-state index in [0.29, 0.717) is 36.8 Å². The fourth-order valence-electron chi connectivity index (χ4n) is 3.98. The monoisotopic (exact) mass is 454 g/mol. The van der Waals surface area contributed by atoms with Crippen LogP contribution in [0.1, 0.15) is 15.9 Å². The van der Waals surface area contributed by atoms with E-state index < -0.39 is 0 Å². The molecule has 32 heavy (non-hydrogen) atoms. The molecule has 1 aliphatic rings. The molecule has 3 aromatic rings. The minimum absolute atomic E-state index is 0.00277. The highest BCUT2D eigenvalue weighted by Gasteiger charge is 2.24. The summed E-state index contributed by atoms with van der Waals surface area (Å²) >= 11 is 1.77. The Morgan fingerprint density at radius 1 is 0.969 bits per heavy atom. The van der Waals surface area contributed by atoms with Crippen molar-refractivity contribution in [3.05, 3.63) is 59.0 Å². The van der Waals surface area contributed by atoms with Crippen molar-refractivity contribution in [1.82, 2.24) is 9.80 Å². The Morgan fingerprint density at radius 3 is 2.59 bits per heavy atom. The normalized spacial score (nSPS) is 14.6. The Balaban J connectivity index is 1.17. The lowest BCUT2D eigenvalue weighted by Gasteiger charge is -2.34. The molecule has 1 fully saturated rings. The van der Waals surface area contributed by atoms with E-state index in [0.717, 1.165) is 32.7 Å². The van der Waals surface area contributed by atoms with Gasteiger partial charge in [0.1, 0.15) is 11.5 Å². The zero-order chi connectivity index (χ0) is 22.3. The second-order valence-corrected chi connectivity index (χ2v) is 8.80. The fraction of sp³-hybridized carbons (Fsp3) is 0.400. The van der Waals surface area contributed by atoms with Gasteiger partial charge < -0.3 is 19.1 Å². The molecular weight excluding hydrogens is 424 g/mol. The van der Waals surface area contributed by atoms with Gasteiger partial charge in [-0.25, -0.2) is 0 Å². The van der Waals surface area contributed by atoms with E-state index in [1.165, 1.54) is 15.6 Å². The van der Waals surface area contributed by atoms with Gasteiger partial charge in [0.25, 0.3) is 5.91 Å². The Bertz CT molecular complexity index is 1040. The molecule has 7 heteroatoms. The van der Waals surface area contributed by atoms with Crippen LogP contribution in [0.15, 0.2) is 47.8 Å². The maximum atomic E-state index is 12.9. The van der Waals surface area contributed by atoms with Gasteiger partial charge in [-0.3, -0.25) is 9.69 Å². The van der Waals surface area contributed by atoms with Crippen LogP contribution in [0.2, 0.25) is 0 Å². The number of benzene rings is 2. The number of fused-ring (bicyclic) bond motifs is 1. The van der Waals surface area contributed by atoms with Gasteiger partial charge in [0.2, 0.25) is 0 Å². The minimum atomic E-state index is 0.00277. The Labute approximate surface area is 193 Å². The first-order valence-corrected chi connectivity index (χ1v) is 11.8. The molecule has 6 nitrogen and oxygen atoms in total. The predicted molar refractivity (Wildman–Crippen MR) is 128 cm³/mol. The maximum absolute atomic E-state index is 12.9. The number of nitrogens with zero attached hydrogens (tertiary/aromatic N) is 2. The first-order valence-electron chi connectivity index (χ1n) is 11.0. The largest absolute Gasteiger partial charge is 0.497 e. The Morgan fingerprint density at radius 2 is 1.81 bits per heavy atom. The first kappa shape index (κ1) is 22.6. The molecule has 0 saturated carbocycles. The van der Waals surface area contributed by atoms with Crippen LogP contribution in [-0.4, -0.2) is 75.9 Å². The third-order valence-corrected chi connectivity index (χ3v) is 6.80. The van der Waals surface area contributed by atoms with Gasteiger partial charge in [-0.05, 0) is 47.0 Å². The Hall–Kier alpha value is -2.61. The summed E-state index contributed by atoms with van der Waals surface area (Å²) in [6, 6.07) is 14.1. The number of rotatable bonds is 9. The molecular formula is C25H30N2O4S. The van der Waals surface area contributed by atoms with E-state index >= 15 is 0 Å². The topological polar surface area (TPSA) is 51.2 Å². The third-order valence-electron chi connectivity index (χ3n) is 5.90. The number of amides is 1. The molecule has 170 valence electrons. The maximum Gasteiger partial charge on any atom is 0.257 e. The number of piperazine rings is 1. The second kappa shape index (κ2) is 10.8. The molecule has 0 atom stereocenters. The molecule has 1 saturated heterocycles. The summed E-state index contributed by atoms with van der Waals surface area (Å²) in [5, 5.41) is 3.44. The van der Waals surface area contributed by atoms with Gasteiger partial charge in [0, 0.05) is 43.5 Å². The SMILES string of the molecule is COc1ccc(C(=O)N2CCN(CCOCCc3ccc4sccc4c3)CC2)c(OC)c1. The van der Waals surface area contributed by atoms with Crippen LogP contribution < -0.4 is 9.47 Å². The van der Waals surface area contributed by atoms with Gasteiger partial charge in [0.15, 0.2) is 0 Å². The summed E-state index contributed by atoms with van der Waals surface area (Å²) in [6.45, 7) is 5.43. The van der Waals surface area contributed by atoms with Crippen molar-refractivity contribution < 1.29 is 19.0 Å². The van der Waals surface area contributed by atoms with Crippen LogP contribution in [0.5, 0.6) is 11.5 Å². The van der Waals surface area contributed by atoms with Crippen LogP contribution in [0.3, 0.4) is 0 Å². The molecule has 2 aromatic carbocycles. The average Bonchev–Trinajstić information content (AvgIpc) is 3.31. The molecule has 1 aliphatic heterocycles. The predicted octanol–water partition coefficient (Wildman–Crippen LogP) is 3.94. The zero-order valence-corrected chi connectivity index (χ0v) is 19.5. The number of methoxy groups -OCH3 is 2. The van der Waals surface area contributed by atoms with Crippen LogP contribution in [0.4, 0.5) is 0 Å². The molecule has 0 aliphatic carbocycles. The molecule has 0 bridgehead atoms. The number of thiophene rings is 1. The summed E-state index contributed by atoms with van der Waals surface area (Å²) in [4.78, 5) is 17.2. The van der Waals surface area contributed by atoms with Crippen LogP contribution >= 0.6 is 11.3 Å². The minimum Gasteiger partial charge on any atom is -0.497 e. The number of ether oxygens (including phenoxy) is 3. The highest BCUT2D eigenvalue weighted by Crippen LogP contribution is 2.26. The first-order chi connectivity index (χ1) is 15.7. The molecule has 0 unspecified atom stereocenters.